The van der Waals surface area contributed by atoms with Crippen LogP contribution in [-0.4, -0.2) is 52.8 Å². The molecule has 2 heterocycles. The van der Waals surface area contributed by atoms with Crippen molar-refractivity contribution in [3.63, 3.8) is 0 Å². The zero-order chi connectivity index (χ0) is 18.5. The SMILES string of the molecule is CC(C)Cc1ccc(C(=O)N2CCN(C(=O)c3ccccn3)CC2)cc1. The van der Waals surface area contributed by atoms with E-state index in [0.717, 1.165) is 6.42 Å². The fourth-order valence-corrected chi connectivity index (χ4v) is 3.20. The maximum absolute atomic E-state index is 12.7. The Hall–Kier alpha value is -2.69. The minimum Gasteiger partial charge on any atom is -0.335 e. The molecular formula is C21H25N3O2. The Morgan fingerprint density at radius 3 is 2.08 bits per heavy atom. The van der Waals surface area contributed by atoms with Crippen molar-refractivity contribution in [1.82, 2.24) is 14.8 Å². The molecule has 0 saturated carbocycles. The van der Waals surface area contributed by atoms with Crippen molar-refractivity contribution < 1.29 is 9.59 Å². The van der Waals surface area contributed by atoms with E-state index in [4.69, 9.17) is 0 Å². The molecule has 136 valence electrons. The summed E-state index contributed by atoms with van der Waals surface area (Å²) in [6.07, 6.45) is 2.64. The van der Waals surface area contributed by atoms with Crippen LogP contribution in [-0.2, 0) is 6.42 Å². The third kappa shape index (κ3) is 4.28. The van der Waals surface area contributed by atoms with Crippen LogP contribution in [0, 0.1) is 5.92 Å². The summed E-state index contributed by atoms with van der Waals surface area (Å²) in [6.45, 7) is 6.53. The van der Waals surface area contributed by atoms with Gasteiger partial charge in [0.1, 0.15) is 5.69 Å². The van der Waals surface area contributed by atoms with Gasteiger partial charge < -0.3 is 9.80 Å². The number of amides is 2. The van der Waals surface area contributed by atoms with Crippen molar-refractivity contribution in [1.29, 1.82) is 0 Å². The van der Waals surface area contributed by atoms with Gasteiger partial charge in [0.25, 0.3) is 11.8 Å². The molecule has 1 aliphatic rings. The minimum atomic E-state index is -0.0734. The van der Waals surface area contributed by atoms with Crippen molar-refractivity contribution in [2.75, 3.05) is 26.2 Å². The van der Waals surface area contributed by atoms with E-state index in [-0.39, 0.29) is 11.8 Å². The first-order valence-electron chi connectivity index (χ1n) is 9.13. The van der Waals surface area contributed by atoms with Crippen molar-refractivity contribution in [3.8, 4) is 0 Å². The summed E-state index contributed by atoms with van der Waals surface area (Å²) in [5.74, 6) is 0.558. The highest BCUT2D eigenvalue weighted by molar-refractivity contribution is 5.95. The van der Waals surface area contributed by atoms with Gasteiger partial charge in [0.05, 0.1) is 0 Å². The number of pyridine rings is 1. The first kappa shape index (κ1) is 18.1. The van der Waals surface area contributed by atoms with Crippen molar-refractivity contribution in [3.05, 3.63) is 65.5 Å². The highest BCUT2D eigenvalue weighted by atomic mass is 16.2. The number of rotatable bonds is 4. The van der Waals surface area contributed by atoms with E-state index in [2.05, 4.69) is 18.8 Å². The molecule has 5 nitrogen and oxygen atoms in total. The van der Waals surface area contributed by atoms with Gasteiger partial charge in [0.15, 0.2) is 0 Å². The number of piperazine rings is 1. The average Bonchev–Trinajstić information content (AvgIpc) is 2.68. The highest BCUT2D eigenvalue weighted by Crippen LogP contribution is 2.14. The molecule has 0 N–H and O–H groups in total. The summed E-state index contributed by atoms with van der Waals surface area (Å²) >= 11 is 0. The smallest absolute Gasteiger partial charge is 0.272 e. The predicted octanol–water partition coefficient (Wildman–Crippen LogP) is 2.88. The van der Waals surface area contributed by atoms with Crippen LogP contribution in [0.15, 0.2) is 48.7 Å². The summed E-state index contributed by atoms with van der Waals surface area (Å²) in [7, 11) is 0. The van der Waals surface area contributed by atoms with Gasteiger partial charge in [0.2, 0.25) is 0 Å². The van der Waals surface area contributed by atoms with Gasteiger partial charge in [-0.05, 0) is 42.2 Å². The van der Waals surface area contributed by atoms with Crippen LogP contribution in [0.25, 0.3) is 0 Å². The first-order chi connectivity index (χ1) is 12.5. The lowest BCUT2D eigenvalue weighted by atomic mass is 10.0. The fourth-order valence-electron chi connectivity index (χ4n) is 3.20. The van der Waals surface area contributed by atoms with Gasteiger partial charge in [-0.3, -0.25) is 14.6 Å². The van der Waals surface area contributed by atoms with Crippen LogP contribution in [0.1, 0.15) is 40.3 Å². The van der Waals surface area contributed by atoms with Crippen LogP contribution in [0.3, 0.4) is 0 Å². The van der Waals surface area contributed by atoms with E-state index < -0.39 is 0 Å². The lowest BCUT2D eigenvalue weighted by Gasteiger charge is -2.34. The van der Waals surface area contributed by atoms with E-state index in [0.29, 0.717) is 43.4 Å². The summed E-state index contributed by atoms with van der Waals surface area (Å²) in [6, 6.07) is 13.2. The van der Waals surface area contributed by atoms with Crippen LogP contribution in [0.4, 0.5) is 0 Å². The molecule has 0 bridgehead atoms. The molecule has 1 fully saturated rings. The largest absolute Gasteiger partial charge is 0.335 e. The van der Waals surface area contributed by atoms with Gasteiger partial charge in [-0.1, -0.05) is 32.0 Å². The summed E-state index contributed by atoms with van der Waals surface area (Å²) in [5.41, 5.74) is 2.41. The molecular weight excluding hydrogens is 326 g/mol. The van der Waals surface area contributed by atoms with E-state index in [1.54, 1.807) is 23.2 Å². The Morgan fingerprint density at radius 1 is 0.923 bits per heavy atom. The van der Waals surface area contributed by atoms with E-state index in [1.807, 2.05) is 35.2 Å². The maximum atomic E-state index is 12.7. The normalized spacial score (nSPS) is 14.6. The van der Waals surface area contributed by atoms with Gasteiger partial charge >= 0.3 is 0 Å². The molecule has 0 aliphatic carbocycles. The van der Waals surface area contributed by atoms with Crippen molar-refractivity contribution >= 4 is 11.8 Å². The summed E-state index contributed by atoms with van der Waals surface area (Å²) in [4.78, 5) is 32.8. The lowest BCUT2D eigenvalue weighted by Crippen LogP contribution is -2.50. The Labute approximate surface area is 154 Å². The van der Waals surface area contributed by atoms with Crippen molar-refractivity contribution in [2.45, 2.75) is 20.3 Å². The Morgan fingerprint density at radius 2 is 1.54 bits per heavy atom. The standard InChI is InChI=1S/C21H25N3O2/c1-16(2)15-17-6-8-18(9-7-17)20(25)23-11-13-24(14-12-23)21(26)19-5-3-4-10-22-19/h3-10,16H,11-15H2,1-2H3. The molecule has 2 aromatic rings. The second-order valence-electron chi connectivity index (χ2n) is 7.09. The zero-order valence-electron chi connectivity index (χ0n) is 15.4. The topological polar surface area (TPSA) is 53.5 Å². The molecule has 0 atom stereocenters. The highest BCUT2D eigenvalue weighted by Gasteiger charge is 2.25. The average molecular weight is 351 g/mol. The van der Waals surface area contributed by atoms with Crippen molar-refractivity contribution in [2.24, 2.45) is 5.92 Å². The zero-order valence-corrected chi connectivity index (χ0v) is 15.4. The van der Waals surface area contributed by atoms with Crippen LogP contribution in [0.2, 0.25) is 0 Å². The third-order valence-electron chi connectivity index (χ3n) is 4.58. The van der Waals surface area contributed by atoms with Gasteiger partial charge in [-0.2, -0.15) is 0 Å². The number of carbonyl (C=O) groups is 2. The number of nitrogens with zero attached hydrogens (tertiary/aromatic N) is 3. The predicted molar refractivity (Wildman–Crippen MR) is 101 cm³/mol. The number of carbonyl (C=O) groups excluding carboxylic acids is 2. The van der Waals surface area contributed by atoms with Crippen LogP contribution < -0.4 is 0 Å². The van der Waals surface area contributed by atoms with Crippen LogP contribution >= 0.6 is 0 Å². The molecule has 3 rings (SSSR count). The molecule has 2 amide bonds. The van der Waals surface area contributed by atoms with E-state index in [9.17, 15) is 9.59 Å². The molecule has 0 spiro atoms. The van der Waals surface area contributed by atoms with Gasteiger partial charge in [-0.25, -0.2) is 0 Å². The molecule has 5 heteroatoms. The first-order valence-corrected chi connectivity index (χ1v) is 9.13. The van der Waals surface area contributed by atoms with Crippen LogP contribution in [0.5, 0.6) is 0 Å². The summed E-state index contributed by atoms with van der Waals surface area (Å²) < 4.78 is 0. The minimum absolute atomic E-state index is 0.0334. The molecule has 0 radical (unpaired) electrons. The molecule has 1 aliphatic heterocycles. The molecule has 0 unspecified atom stereocenters. The quantitative estimate of drug-likeness (QED) is 0.851. The van der Waals surface area contributed by atoms with E-state index in [1.165, 1.54) is 5.56 Å². The second-order valence-corrected chi connectivity index (χ2v) is 7.09. The third-order valence-corrected chi connectivity index (χ3v) is 4.58. The molecule has 26 heavy (non-hydrogen) atoms. The monoisotopic (exact) mass is 351 g/mol. The lowest BCUT2D eigenvalue weighted by molar-refractivity contribution is 0.0532. The maximum Gasteiger partial charge on any atom is 0.272 e. The number of benzene rings is 1. The molecule has 1 aromatic carbocycles. The van der Waals surface area contributed by atoms with Gasteiger partial charge in [0, 0.05) is 37.9 Å². The number of hydrogen-bond acceptors (Lipinski definition) is 3. The Bertz CT molecular complexity index is 749. The second kappa shape index (κ2) is 8.13. The number of aromatic nitrogens is 1. The Kier molecular flexibility index (Phi) is 5.66. The fraction of sp³-hybridized carbons (Fsp3) is 0.381. The number of hydrogen-bond donors (Lipinski definition) is 0. The van der Waals surface area contributed by atoms with E-state index >= 15 is 0 Å². The summed E-state index contributed by atoms with van der Waals surface area (Å²) in [5, 5.41) is 0. The van der Waals surface area contributed by atoms with Gasteiger partial charge in [-0.15, -0.1) is 0 Å². The molecule has 1 saturated heterocycles. The molecule has 1 aromatic heterocycles. The Balaban J connectivity index is 1.57.